The van der Waals surface area contributed by atoms with Gasteiger partial charge in [0.15, 0.2) is 11.5 Å². The van der Waals surface area contributed by atoms with Crippen molar-refractivity contribution in [3.63, 3.8) is 0 Å². The van der Waals surface area contributed by atoms with Gasteiger partial charge in [-0.05, 0) is 61.4 Å². The SMILES string of the molecule is C[C@@H](NC(=O)N1CCC[C@@H]2C(=O)N3CCc4cc5c(cc4[C@H]3C[C@@H]21)OCO5)c1ccccc1. The molecule has 0 bridgehead atoms. The lowest BCUT2D eigenvalue weighted by Crippen LogP contribution is -2.61. The van der Waals surface area contributed by atoms with Crippen LogP contribution in [-0.4, -0.2) is 47.7 Å². The van der Waals surface area contributed by atoms with Crippen molar-refractivity contribution in [3.8, 4) is 11.5 Å². The van der Waals surface area contributed by atoms with E-state index in [0.717, 1.165) is 54.9 Å². The minimum atomic E-state index is -0.122. The van der Waals surface area contributed by atoms with Crippen LogP contribution in [0.2, 0.25) is 0 Å². The predicted octanol–water partition coefficient (Wildman–Crippen LogP) is 3.80. The van der Waals surface area contributed by atoms with Gasteiger partial charge < -0.3 is 24.6 Å². The Balaban J connectivity index is 1.27. The quantitative estimate of drug-likeness (QED) is 0.760. The summed E-state index contributed by atoms with van der Waals surface area (Å²) < 4.78 is 11.2. The highest BCUT2D eigenvalue weighted by Gasteiger charge is 2.49. The first-order chi connectivity index (χ1) is 16.1. The summed E-state index contributed by atoms with van der Waals surface area (Å²) in [5.74, 6) is 1.60. The second-order valence-electron chi connectivity index (χ2n) is 9.53. The summed E-state index contributed by atoms with van der Waals surface area (Å²) in [6, 6.07) is 13.8. The summed E-state index contributed by atoms with van der Waals surface area (Å²) >= 11 is 0. The van der Waals surface area contributed by atoms with E-state index < -0.39 is 0 Å². The largest absolute Gasteiger partial charge is 0.454 e. The highest BCUT2D eigenvalue weighted by molar-refractivity contribution is 5.84. The zero-order chi connectivity index (χ0) is 22.5. The molecule has 2 aromatic rings. The average molecular weight is 448 g/mol. The maximum atomic E-state index is 13.6. The smallest absolute Gasteiger partial charge is 0.318 e. The van der Waals surface area contributed by atoms with Crippen LogP contribution in [0.15, 0.2) is 42.5 Å². The molecule has 4 aliphatic rings. The molecule has 0 spiro atoms. The maximum Gasteiger partial charge on any atom is 0.318 e. The summed E-state index contributed by atoms with van der Waals surface area (Å²) in [6.07, 6.45) is 3.28. The molecule has 2 fully saturated rings. The first-order valence-corrected chi connectivity index (χ1v) is 11.9. The molecule has 3 amide bonds. The van der Waals surface area contributed by atoms with E-state index in [1.165, 1.54) is 5.56 Å². The molecular formula is C26H29N3O4. The standard InChI is InChI=1S/C26H29N3O4/c1-16(17-6-3-2-4-7-17)27-26(31)29-10-5-8-19-21(29)14-22-20-13-24-23(32-15-33-24)12-18(20)9-11-28(22)25(19)30/h2-4,6-7,12-13,16,19,21-22H,5,8-11,14-15H2,1H3,(H,27,31)/t16-,19+,21+,22-/m1/s1. The average Bonchev–Trinajstić information content (AvgIpc) is 3.30. The molecule has 0 aliphatic carbocycles. The van der Waals surface area contributed by atoms with Crippen LogP contribution in [0, 0.1) is 5.92 Å². The van der Waals surface area contributed by atoms with Crippen LogP contribution < -0.4 is 14.8 Å². The summed E-state index contributed by atoms with van der Waals surface area (Å²) in [4.78, 5) is 30.9. The highest BCUT2D eigenvalue weighted by Crippen LogP contribution is 2.47. The van der Waals surface area contributed by atoms with E-state index in [1.807, 2.05) is 53.1 Å². The van der Waals surface area contributed by atoms with Crippen LogP contribution in [0.1, 0.15) is 55.0 Å². The van der Waals surface area contributed by atoms with Gasteiger partial charge in [0.25, 0.3) is 0 Å². The Hall–Kier alpha value is -3.22. The highest BCUT2D eigenvalue weighted by atomic mass is 16.7. The van der Waals surface area contributed by atoms with E-state index in [9.17, 15) is 9.59 Å². The van der Waals surface area contributed by atoms with Crippen LogP contribution >= 0.6 is 0 Å². The van der Waals surface area contributed by atoms with Gasteiger partial charge in [-0.15, -0.1) is 0 Å². The van der Waals surface area contributed by atoms with Gasteiger partial charge in [-0.25, -0.2) is 4.79 Å². The van der Waals surface area contributed by atoms with Gasteiger partial charge in [-0.1, -0.05) is 30.3 Å². The molecule has 4 heterocycles. The number of piperidine rings is 2. The summed E-state index contributed by atoms with van der Waals surface area (Å²) in [5.41, 5.74) is 3.43. The summed E-state index contributed by atoms with van der Waals surface area (Å²) in [7, 11) is 0. The molecule has 0 radical (unpaired) electrons. The Labute approximate surface area is 193 Å². The van der Waals surface area contributed by atoms with Crippen molar-refractivity contribution < 1.29 is 19.1 Å². The van der Waals surface area contributed by atoms with Gasteiger partial charge in [0.1, 0.15) is 0 Å². The summed E-state index contributed by atoms with van der Waals surface area (Å²) in [6.45, 7) is 3.64. The van der Waals surface area contributed by atoms with Crippen LogP contribution in [0.25, 0.3) is 0 Å². The molecule has 0 saturated carbocycles. The number of hydrogen-bond acceptors (Lipinski definition) is 4. The third-order valence-corrected chi connectivity index (χ3v) is 7.74. The molecule has 4 aliphatic heterocycles. The zero-order valence-corrected chi connectivity index (χ0v) is 18.8. The third kappa shape index (κ3) is 3.41. The molecular weight excluding hydrogens is 418 g/mol. The van der Waals surface area contributed by atoms with Gasteiger partial charge in [0.05, 0.1) is 18.0 Å². The minimum absolute atomic E-state index is 0.0306. The molecule has 7 nitrogen and oxygen atoms in total. The van der Waals surface area contributed by atoms with Crippen LogP contribution in [0.3, 0.4) is 0 Å². The van der Waals surface area contributed by atoms with Crippen LogP contribution in [0.4, 0.5) is 4.79 Å². The first kappa shape index (κ1) is 20.4. The van der Waals surface area contributed by atoms with Crippen molar-refractivity contribution in [2.75, 3.05) is 19.9 Å². The van der Waals surface area contributed by atoms with Crippen LogP contribution in [-0.2, 0) is 11.2 Å². The van der Waals surface area contributed by atoms with Gasteiger partial charge in [0, 0.05) is 19.1 Å². The number of carbonyl (C=O) groups is 2. The fourth-order valence-corrected chi connectivity index (χ4v) is 6.03. The van der Waals surface area contributed by atoms with Crippen molar-refractivity contribution in [1.82, 2.24) is 15.1 Å². The van der Waals surface area contributed by atoms with Crippen molar-refractivity contribution in [1.29, 1.82) is 0 Å². The number of benzene rings is 2. The molecule has 6 rings (SSSR count). The van der Waals surface area contributed by atoms with Crippen molar-refractivity contribution in [2.45, 2.75) is 50.7 Å². The van der Waals surface area contributed by atoms with Crippen LogP contribution in [0.5, 0.6) is 11.5 Å². The number of ether oxygens (including phenoxy) is 2. The molecule has 1 N–H and O–H groups in total. The van der Waals surface area contributed by atoms with Crippen molar-refractivity contribution >= 4 is 11.9 Å². The Kier molecular flexibility index (Phi) is 4.93. The van der Waals surface area contributed by atoms with E-state index in [2.05, 4.69) is 11.4 Å². The number of fused-ring (bicyclic) bond motifs is 5. The Morgan fingerprint density at radius 3 is 2.73 bits per heavy atom. The van der Waals surface area contributed by atoms with E-state index in [1.54, 1.807) is 0 Å². The molecule has 33 heavy (non-hydrogen) atoms. The van der Waals surface area contributed by atoms with Crippen molar-refractivity contribution in [3.05, 3.63) is 59.2 Å². The number of urea groups is 1. The Bertz CT molecular complexity index is 1090. The molecule has 0 unspecified atom stereocenters. The fourth-order valence-electron chi connectivity index (χ4n) is 6.03. The number of nitrogens with one attached hydrogen (secondary N) is 1. The monoisotopic (exact) mass is 447 g/mol. The Morgan fingerprint density at radius 1 is 1.12 bits per heavy atom. The first-order valence-electron chi connectivity index (χ1n) is 11.9. The van der Waals surface area contributed by atoms with Gasteiger partial charge in [0.2, 0.25) is 12.7 Å². The molecule has 7 heteroatoms. The Morgan fingerprint density at radius 2 is 1.91 bits per heavy atom. The number of amides is 3. The number of nitrogens with zero attached hydrogens (tertiary/aromatic N) is 2. The number of rotatable bonds is 2. The lowest BCUT2D eigenvalue weighted by Gasteiger charge is -2.51. The molecule has 172 valence electrons. The molecule has 4 atom stereocenters. The van der Waals surface area contributed by atoms with Gasteiger partial charge in [-0.3, -0.25) is 4.79 Å². The van der Waals surface area contributed by atoms with Crippen molar-refractivity contribution in [2.24, 2.45) is 5.92 Å². The van der Waals surface area contributed by atoms with E-state index in [0.29, 0.717) is 6.54 Å². The zero-order valence-electron chi connectivity index (χ0n) is 18.8. The predicted molar refractivity (Wildman–Crippen MR) is 122 cm³/mol. The van der Waals surface area contributed by atoms with Gasteiger partial charge in [-0.2, -0.15) is 0 Å². The minimum Gasteiger partial charge on any atom is -0.454 e. The lowest BCUT2D eigenvalue weighted by molar-refractivity contribution is -0.148. The number of likely N-dealkylation sites (tertiary alicyclic amines) is 1. The second-order valence-corrected chi connectivity index (χ2v) is 9.53. The van der Waals surface area contributed by atoms with E-state index in [4.69, 9.17) is 9.47 Å². The number of carbonyl (C=O) groups excluding carboxylic acids is 2. The van der Waals surface area contributed by atoms with E-state index >= 15 is 0 Å². The molecule has 2 aromatic carbocycles. The summed E-state index contributed by atoms with van der Waals surface area (Å²) in [5, 5.41) is 3.16. The topological polar surface area (TPSA) is 71.1 Å². The molecule has 0 aromatic heterocycles. The second kappa shape index (κ2) is 7.97. The molecule has 2 saturated heterocycles. The maximum absolute atomic E-state index is 13.6. The fraction of sp³-hybridized carbons (Fsp3) is 0.462. The lowest BCUT2D eigenvalue weighted by atomic mass is 9.76. The third-order valence-electron chi connectivity index (χ3n) is 7.74. The normalized spacial score (nSPS) is 26.2. The number of hydrogen-bond donors (Lipinski definition) is 1. The van der Waals surface area contributed by atoms with E-state index in [-0.39, 0.29) is 42.8 Å². The van der Waals surface area contributed by atoms with Gasteiger partial charge >= 0.3 is 6.03 Å².